The van der Waals surface area contributed by atoms with Crippen LogP contribution in [0.15, 0.2) is 72.8 Å². The molecule has 0 aromatic heterocycles. The van der Waals surface area contributed by atoms with Crippen LogP contribution in [0.4, 0.5) is 0 Å². The summed E-state index contributed by atoms with van der Waals surface area (Å²) in [4.78, 5) is 33.8. The second-order valence-electron chi connectivity index (χ2n) is 19.6. The molecular formula is C46H60O3P+. The average Bonchev–Trinajstić information content (AvgIpc) is 2.95. The number of benzene rings is 5. The lowest BCUT2D eigenvalue weighted by molar-refractivity contribution is 0.347. The second kappa shape index (κ2) is 12.3. The lowest BCUT2D eigenvalue weighted by Crippen LogP contribution is -2.23. The van der Waals surface area contributed by atoms with Crippen LogP contribution in [0.2, 0.25) is 0 Å². The van der Waals surface area contributed by atoms with Crippen molar-refractivity contribution in [1.82, 2.24) is 0 Å². The largest absolute Gasteiger partial charge is 0.441 e. The summed E-state index contributed by atoms with van der Waals surface area (Å²) in [6.07, 6.45) is 0. The highest BCUT2D eigenvalue weighted by Gasteiger charge is 2.42. The molecule has 0 aliphatic rings. The van der Waals surface area contributed by atoms with Gasteiger partial charge in [0, 0.05) is 5.56 Å². The molecule has 0 atom stereocenters. The Hall–Kier alpha value is -3.07. The van der Waals surface area contributed by atoms with Crippen molar-refractivity contribution >= 4 is 34.8 Å². The Morgan fingerprint density at radius 2 is 0.740 bits per heavy atom. The van der Waals surface area contributed by atoms with E-state index in [1.54, 1.807) is 6.07 Å². The van der Waals surface area contributed by atoms with Crippen molar-refractivity contribution in [3.63, 3.8) is 0 Å². The Labute approximate surface area is 302 Å². The van der Waals surface area contributed by atoms with E-state index in [0.29, 0.717) is 5.56 Å². The molecule has 0 saturated heterocycles. The van der Waals surface area contributed by atoms with E-state index in [4.69, 9.17) is 0 Å². The highest BCUT2D eigenvalue weighted by Crippen LogP contribution is 2.53. The van der Waals surface area contributed by atoms with E-state index < -0.39 is 7.94 Å². The predicted molar refractivity (Wildman–Crippen MR) is 219 cm³/mol. The highest BCUT2D eigenvalue weighted by atomic mass is 31.2. The molecule has 4 heteroatoms. The Bertz CT molecular complexity index is 1940. The first-order valence-electron chi connectivity index (χ1n) is 18.0. The van der Waals surface area contributed by atoms with Crippen LogP contribution in [0.5, 0.6) is 0 Å². The monoisotopic (exact) mass is 691 g/mol. The summed E-state index contributed by atoms with van der Waals surface area (Å²) in [6, 6.07) is 26.3. The fourth-order valence-corrected chi connectivity index (χ4v) is 8.01. The molecule has 266 valence electrons. The zero-order chi connectivity index (χ0) is 37.6. The van der Waals surface area contributed by atoms with Crippen molar-refractivity contribution in [2.45, 2.75) is 131 Å². The second-order valence-corrected chi connectivity index (χ2v) is 21.2. The van der Waals surface area contributed by atoms with Gasteiger partial charge in [0.15, 0.2) is 5.30 Å². The lowest BCUT2D eigenvalue weighted by atomic mass is 9.72. The maximum atomic E-state index is 11.3. The first-order chi connectivity index (χ1) is 22.6. The minimum Gasteiger partial charge on any atom is -0.189 e. The third kappa shape index (κ3) is 7.44. The Morgan fingerprint density at radius 1 is 0.360 bits per heavy atom. The molecule has 3 nitrogen and oxygen atoms in total. The minimum absolute atomic E-state index is 0.00201. The van der Waals surface area contributed by atoms with Crippen molar-refractivity contribution in [2.75, 3.05) is 0 Å². The highest BCUT2D eigenvalue weighted by molar-refractivity contribution is 7.67. The van der Waals surface area contributed by atoms with Crippen LogP contribution in [0, 0.1) is 0 Å². The van der Waals surface area contributed by atoms with Gasteiger partial charge in [-0.15, -0.1) is 0 Å². The number of hydrogen-bond donors (Lipinski definition) is 3. The lowest BCUT2D eigenvalue weighted by Gasteiger charge is -2.32. The standard InChI is InChI=1S/C46H60O3P/c1-42(2,3)32-18-16-28-24-34(37(45(10,11)12)26-30(28)22-32)40-36(44(7,8)9)20-21-39(50(47,48)49)41(40)35-25-29-17-19-33(43(4,5)6)23-31(29)27-38(35)46(13,14)15/h16-27,47-49H,1-15H3/q+1. The molecule has 0 saturated carbocycles. The molecule has 0 aliphatic heterocycles. The van der Waals surface area contributed by atoms with E-state index in [1.165, 1.54) is 22.1 Å². The van der Waals surface area contributed by atoms with Crippen LogP contribution in [0.1, 0.15) is 132 Å². The van der Waals surface area contributed by atoms with Crippen LogP contribution >= 0.6 is 7.94 Å². The molecule has 5 aromatic rings. The quantitative estimate of drug-likeness (QED) is 0.165. The van der Waals surface area contributed by atoms with Crippen molar-refractivity contribution in [3.05, 3.63) is 101 Å². The van der Waals surface area contributed by atoms with Gasteiger partial charge >= 0.3 is 7.94 Å². The Kier molecular flexibility index (Phi) is 9.37. The minimum atomic E-state index is -4.48. The molecule has 5 rings (SSSR count). The SMILES string of the molecule is CC(C)(C)c1ccc2cc(-c3c(C(C)(C)C)ccc([P+](O)(O)O)c3-c3cc4ccc(C(C)(C)C)cc4cc3C(C)(C)C)c(C(C)(C)C)cc2c1. The average molecular weight is 692 g/mol. The van der Waals surface area contributed by atoms with Gasteiger partial charge < -0.3 is 0 Å². The fourth-order valence-electron chi connectivity index (χ4n) is 7.20. The topological polar surface area (TPSA) is 60.7 Å². The van der Waals surface area contributed by atoms with Crippen LogP contribution in [0.3, 0.4) is 0 Å². The summed E-state index contributed by atoms with van der Waals surface area (Å²) in [5.74, 6) is 0. The van der Waals surface area contributed by atoms with Gasteiger partial charge in [0.2, 0.25) is 0 Å². The molecule has 3 N–H and O–H groups in total. The fraction of sp³-hybridized carbons (Fsp3) is 0.435. The van der Waals surface area contributed by atoms with Gasteiger partial charge in [-0.1, -0.05) is 146 Å². The van der Waals surface area contributed by atoms with Crippen molar-refractivity contribution in [3.8, 4) is 22.3 Å². The summed E-state index contributed by atoms with van der Waals surface area (Å²) in [6.45, 7) is 33.4. The number of hydrogen-bond acceptors (Lipinski definition) is 3. The van der Waals surface area contributed by atoms with Crippen molar-refractivity contribution in [2.24, 2.45) is 0 Å². The van der Waals surface area contributed by atoms with E-state index in [0.717, 1.165) is 44.0 Å². The molecule has 0 heterocycles. The maximum Gasteiger partial charge on any atom is 0.441 e. The van der Waals surface area contributed by atoms with E-state index in [-0.39, 0.29) is 32.4 Å². The third-order valence-corrected chi connectivity index (χ3v) is 11.2. The first kappa shape index (κ1) is 38.2. The van der Waals surface area contributed by atoms with Crippen LogP contribution in [-0.2, 0) is 27.1 Å². The van der Waals surface area contributed by atoms with E-state index in [9.17, 15) is 14.7 Å². The summed E-state index contributed by atoms with van der Waals surface area (Å²) in [5.41, 5.74) is 8.66. The molecule has 0 bridgehead atoms. The van der Waals surface area contributed by atoms with Crippen molar-refractivity contribution in [1.29, 1.82) is 0 Å². The molecule has 5 aromatic carbocycles. The Balaban J connectivity index is 2.05. The number of rotatable bonds is 3. The third-order valence-electron chi connectivity index (χ3n) is 10.2. The van der Waals surface area contributed by atoms with Gasteiger partial charge in [-0.2, -0.15) is 14.7 Å². The van der Waals surface area contributed by atoms with Crippen LogP contribution in [-0.4, -0.2) is 14.7 Å². The number of fused-ring (bicyclic) bond motifs is 2. The van der Waals surface area contributed by atoms with Gasteiger partial charge in [-0.05, 0) is 123 Å². The molecule has 0 amide bonds. The smallest absolute Gasteiger partial charge is 0.189 e. The van der Waals surface area contributed by atoms with Gasteiger partial charge in [0.25, 0.3) is 0 Å². The molecule has 0 radical (unpaired) electrons. The van der Waals surface area contributed by atoms with Crippen LogP contribution < -0.4 is 5.30 Å². The van der Waals surface area contributed by atoms with E-state index >= 15 is 0 Å². The predicted octanol–water partition coefficient (Wildman–Crippen LogP) is 12.2. The molecule has 0 fully saturated rings. The zero-order valence-corrected chi connectivity index (χ0v) is 34.1. The van der Waals surface area contributed by atoms with Crippen molar-refractivity contribution < 1.29 is 14.7 Å². The normalized spacial score (nSPS) is 13.8. The molecule has 0 aliphatic carbocycles. The molecule has 0 spiro atoms. The van der Waals surface area contributed by atoms with Gasteiger partial charge in [0.05, 0.1) is 0 Å². The Morgan fingerprint density at radius 3 is 1.08 bits per heavy atom. The first-order valence-corrected chi connectivity index (χ1v) is 19.7. The summed E-state index contributed by atoms with van der Waals surface area (Å²) in [7, 11) is -4.48. The maximum absolute atomic E-state index is 11.3. The van der Waals surface area contributed by atoms with Gasteiger partial charge in [-0.25, -0.2) is 0 Å². The van der Waals surface area contributed by atoms with E-state index in [1.807, 2.05) is 6.07 Å². The van der Waals surface area contributed by atoms with Gasteiger partial charge in [0.1, 0.15) is 0 Å². The molecule has 50 heavy (non-hydrogen) atoms. The van der Waals surface area contributed by atoms with E-state index in [2.05, 4.69) is 165 Å². The van der Waals surface area contributed by atoms with Gasteiger partial charge in [-0.3, -0.25) is 0 Å². The van der Waals surface area contributed by atoms with Crippen LogP contribution in [0.25, 0.3) is 43.8 Å². The zero-order valence-electron chi connectivity index (χ0n) is 33.2. The molecular weight excluding hydrogens is 631 g/mol. The summed E-state index contributed by atoms with van der Waals surface area (Å²) in [5, 5.41) is 4.71. The summed E-state index contributed by atoms with van der Waals surface area (Å²) >= 11 is 0. The summed E-state index contributed by atoms with van der Waals surface area (Å²) < 4.78 is 0. The molecule has 0 unspecified atom stereocenters.